The van der Waals surface area contributed by atoms with Gasteiger partial charge in [0, 0.05) is 37.4 Å². The molecule has 0 radical (unpaired) electrons. The van der Waals surface area contributed by atoms with E-state index in [1.165, 1.54) is 5.56 Å². The number of amides is 1. The number of nitrogens with zero attached hydrogens (tertiary/aromatic N) is 4. The highest BCUT2D eigenvalue weighted by Crippen LogP contribution is 2.40. The van der Waals surface area contributed by atoms with Crippen molar-refractivity contribution in [2.45, 2.75) is 38.1 Å². The van der Waals surface area contributed by atoms with Gasteiger partial charge >= 0.3 is 0 Å². The van der Waals surface area contributed by atoms with Crippen LogP contribution in [0.5, 0.6) is 0 Å². The average molecular weight is 460 g/mol. The number of nitrogens with one attached hydrogen (secondary N) is 1. The number of benzene rings is 1. The number of aromatic nitrogens is 2. The second-order valence-electron chi connectivity index (χ2n) is 8.82. The van der Waals surface area contributed by atoms with E-state index in [1.807, 2.05) is 17.0 Å². The molecule has 1 aromatic heterocycles. The third-order valence-corrected chi connectivity index (χ3v) is 7.80. The smallest absolute Gasteiger partial charge is 0.227 e. The zero-order chi connectivity index (χ0) is 21.5. The Morgan fingerprint density at radius 3 is 2.87 bits per heavy atom. The maximum absolute atomic E-state index is 13.4. The van der Waals surface area contributed by atoms with Gasteiger partial charge in [-0.3, -0.25) is 4.79 Å². The first-order valence-electron chi connectivity index (χ1n) is 11.1. The lowest BCUT2D eigenvalue weighted by atomic mass is 9.98. The highest BCUT2D eigenvalue weighted by Gasteiger charge is 2.38. The Balaban J connectivity index is 1.51. The van der Waals surface area contributed by atoms with Crippen molar-refractivity contribution in [3.63, 3.8) is 0 Å². The molecule has 2 aliphatic heterocycles. The lowest BCUT2D eigenvalue weighted by Gasteiger charge is -2.44. The molecule has 6 nitrogen and oxygen atoms in total. The lowest BCUT2D eigenvalue weighted by molar-refractivity contribution is -0.138. The largest absolute Gasteiger partial charge is 0.352 e. The highest BCUT2D eigenvalue weighted by atomic mass is 35.5. The van der Waals surface area contributed by atoms with Gasteiger partial charge < -0.3 is 15.1 Å². The van der Waals surface area contributed by atoms with Crippen molar-refractivity contribution in [3.8, 4) is 0 Å². The fourth-order valence-corrected chi connectivity index (χ4v) is 5.69. The summed E-state index contributed by atoms with van der Waals surface area (Å²) in [6.45, 7) is 5.90. The Morgan fingerprint density at radius 2 is 2.06 bits per heavy atom. The first kappa shape index (κ1) is 21.0. The van der Waals surface area contributed by atoms with E-state index in [2.05, 4.69) is 27.1 Å². The molecule has 2 aromatic rings. The molecule has 1 aromatic carbocycles. The summed E-state index contributed by atoms with van der Waals surface area (Å²) in [5, 5.41) is 4.36. The molecular formula is C23H27Cl2N5O. The number of aryl methyl sites for hydroxylation is 1. The molecule has 1 N–H and O–H groups in total. The van der Waals surface area contributed by atoms with Crippen LogP contribution in [0.1, 0.15) is 48.5 Å². The predicted octanol–water partition coefficient (Wildman–Crippen LogP) is 3.83. The zero-order valence-corrected chi connectivity index (χ0v) is 19.2. The minimum absolute atomic E-state index is 0.0235. The number of piperazine rings is 1. The van der Waals surface area contributed by atoms with E-state index in [1.54, 1.807) is 12.4 Å². The van der Waals surface area contributed by atoms with Crippen molar-refractivity contribution in [2.24, 2.45) is 5.92 Å². The van der Waals surface area contributed by atoms with Crippen molar-refractivity contribution in [1.29, 1.82) is 0 Å². The summed E-state index contributed by atoms with van der Waals surface area (Å²) >= 11 is 13.0. The molecule has 0 spiro atoms. The van der Waals surface area contributed by atoms with Gasteiger partial charge in [0.2, 0.25) is 5.91 Å². The van der Waals surface area contributed by atoms with Crippen LogP contribution in [0.3, 0.4) is 0 Å². The van der Waals surface area contributed by atoms with Crippen LogP contribution in [-0.2, 0) is 11.2 Å². The second kappa shape index (κ2) is 8.57. The van der Waals surface area contributed by atoms with Gasteiger partial charge in [0.05, 0.1) is 22.0 Å². The molecule has 5 rings (SSSR count). The van der Waals surface area contributed by atoms with Crippen LogP contribution in [0.15, 0.2) is 24.5 Å². The molecule has 3 heterocycles. The maximum atomic E-state index is 13.4. The lowest BCUT2D eigenvalue weighted by Crippen LogP contribution is -2.53. The Bertz CT molecular complexity index is 994. The third kappa shape index (κ3) is 3.79. The SMILES string of the molecule is C[C@@H]1CCc2ncnc(N3CCN(C(=O)C4CCNC4)C(c4cccc(Cl)c4Cl)C3)c21. The zero-order valence-electron chi connectivity index (χ0n) is 17.7. The summed E-state index contributed by atoms with van der Waals surface area (Å²) in [4.78, 5) is 26.9. The molecule has 0 bridgehead atoms. The minimum atomic E-state index is -0.171. The topological polar surface area (TPSA) is 61.4 Å². The summed E-state index contributed by atoms with van der Waals surface area (Å²) in [6, 6.07) is 5.52. The molecule has 164 valence electrons. The maximum Gasteiger partial charge on any atom is 0.227 e. The summed E-state index contributed by atoms with van der Waals surface area (Å²) in [6.07, 6.45) is 4.67. The first-order chi connectivity index (χ1) is 15.0. The van der Waals surface area contributed by atoms with Crippen LogP contribution in [0.2, 0.25) is 10.0 Å². The van der Waals surface area contributed by atoms with E-state index >= 15 is 0 Å². The Morgan fingerprint density at radius 1 is 1.19 bits per heavy atom. The molecule has 8 heteroatoms. The van der Waals surface area contributed by atoms with Crippen LogP contribution in [-0.4, -0.2) is 53.5 Å². The highest BCUT2D eigenvalue weighted by molar-refractivity contribution is 6.42. The number of halogens is 2. The van der Waals surface area contributed by atoms with Crippen LogP contribution in [0.25, 0.3) is 0 Å². The Labute approximate surface area is 192 Å². The summed E-state index contributed by atoms with van der Waals surface area (Å²) in [5.74, 6) is 1.68. The van der Waals surface area contributed by atoms with Crippen LogP contribution in [0, 0.1) is 5.92 Å². The average Bonchev–Trinajstić information content (AvgIpc) is 3.45. The van der Waals surface area contributed by atoms with Gasteiger partial charge in [-0.05, 0) is 43.4 Å². The number of rotatable bonds is 3. The molecule has 3 atom stereocenters. The van der Waals surface area contributed by atoms with E-state index in [-0.39, 0.29) is 17.9 Å². The van der Waals surface area contributed by atoms with Gasteiger partial charge in [-0.2, -0.15) is 0 Å². The summed E-state index contributed by atoms with van der Waals surface area (Å²) in [7, 11) is 0. The van der Waals surface area contributed by atoms with E-state index in [0.717, 1.165) is 56.0 Å². The molecule has 3 aliphatic rings. The van der Waals surface area contributed by atoms with Crippen molar-refractivity contribution in [2.75, 3.05) is 37.6 Å². The molecule has 31 heavy (non-hydrogen) atoms. The van der Waals surface area contributed by atoms with E-state index in [9.17, 15) is 4.79 Å². The van der Waals surface area contributed by atoms with Crippen molar-refractivity contribution < 1.29 is 4.79 Å². The normalized spacial score (nSPS) is 25.7. The molecule has 2 fully saturated rings. The monoisotopic (exact) mass is 459 g/mol. The van der Waals surface area contributed by atoms with E-state index < -0.39 is 0 Å². The predicted molar refractivity (Wildman–Crippen MR) is 123 cm³/mol. The van der Waals surface area contributed by atoms with Crippen molar-refractivity contribution in [1.82, 2.24) is 20.2 Å². The van der Waals surface area contributed by atoms with E-state index in [0.29, 0.717) is 29.1 Å². The number of fused-ring (bicyclic) bond motifs is 1. The van der Waals surface area contributed by atoms with Gasteiger partial charge in [0.25, 0.3) is 0 Å². The number of hydrogen-bond donors (Lipinski definition) is 1. The summed E-state index contributed by atoms with van der Waals surface area (Å²) in [5.41, 5.74) is 3.32. The molecule has 2 saturated heterocycles. The molecule has 0 saturated carbocycles. The van der Waals surface area contributed by atoms with Gasteiger partial charge in [-0.15, -0.1) is 0 Å². The Kier molecular flexibility index (Phi) is 5.80. The third-order valence-electron chi connectivity index (χ3n) is 6.97. The molecule has 2 unspecified atom stereocenters. The number of anilines is 1. The van der Waals surface area contributed by atoms with Gasteiger partial charge in [-0.1, -0.05) is 42.3 Å². The number of carbonyl (C=O) groups excluding carboxylic acids is 1. The second-order valence-corrected chi connectivity index (χ2v) is 9.61. The standard InChI is InChI=1S/C23H27Cl2N5O/c1-14-5-6-18-20(14)22(28-13-27-18)29-9-10-30(23(31)15-7-8-26-11-15)19(12-29)16-3-2-4-17(24)21(16)25/h2-4,13-15,19,26H,5-12H2,1H3/t14-,15?,19?/m1/s1. The minimum Gasteiger partial charge on any atom is -0.352 e. The fraction of sp³-hybridized carbons (Fsp3) is 0.522. The molecule has 1 amide bonds. The van der Waals surface area contributed by atoms with Crippen molar-refractivity contribution in [3.05, 3.63) is 51.4 Å². The molecule has 1 aliphatic carbocycles. The fourth-order valence-electron chi connectivity index (χ4n) is 5.26. The van der Waals surface area contributed by atoms with Crippen molar-refractivity contribution >= 4 is 34.9 Å². The van der Waals surface area contributed by atoms with Crippen LogP contribution in [0.4, 0.5) is 5.82 Å². The first-order valence-corrected chi connectivity index (χ1v) is 11.8. The Hall–Kier alpha value is -1.89. The quantitative estimate of drug-likeness (QED) is 0.755. The van der Waals surface area contributed by atoms with Gasteiger partial charge in [0.15, 0.2) is 0 Å². The van der Waals surface area contributed by atoms with E-state index in [4.69, 9.17) is 23.2 Å². The molecular weight excluding hydrogens is 433 g/mol. The van der Waals surface area contributed by atoms with Gasteiger partial charge in [-0.25, -0.2) is 9.97 Å². The van der Waals surface area contributed by atoms with Crippen LogP contribution >= 0.6 is 23.2 Å². The van der Waals surface area contributed by atoms with Crippen LogP contribution < -0.4 is 10.2 Å². The van der Waals surface area contributed by atoms with Gasteiger partial charge in [0.1, 0.15) is 12.1 Å². The number of hydrogen-bond acceptors (Lipinski definition) is 5. The summed E-state index contributed by atoms with van der Waals surface area (Å²) < 4.78 is 0. The number of carbonyl (C=O) groups is 1.